The summed E-state index contributed by atoms with van der Waals surface area (Å²) in [7, 11) is 0. The van der Waals surface area contributed by atoms with Crippen LogP contribution in [0, 0.1) is 0 Å². The van der Waals surface area contributed by atoms with Crippen molar-refractivity contribution in [3.05, 3.63) is 0 Å². The van der Waals surface area contributed by atoms with Crippen molar-refractivity contribution in [2.24, 2.45) is 0 Å². The van der Waals surface area contributed by atoms with Crippen LogP contribution in [0.3, 0.4) is 0 Å². The average Bonchev–Trinajstić information content (AvgIpc) is 2.73. The Morgan fingerprint density at radius 2 is 2.22 bits per heavy atom. The molecule has 2 unspecified atom stereocenters. The van der Waals surface area contributed by atoms with E-state index in [0.717, 1.165) is 0 Å². The van der Waals surface area contributed by atoms with Gasteiger partial charge in [-0.05, 0) is 19.8 Å². The molecule has 0 spiro atoms. The fraction of sp³-hybridized carbons (Fsp3) is 0.727. The maximum atomic E-state index is 12.3. The number of nitrogens with one attached hydrogen (secondary N) is 2. The minimum atomic E-state index is -1.12. The van der Waals surface area contributed by atoms with E-state index in [-0.39, 0.29) is 24.9 Å². The zero-order valence-electron chi connectivity index (χ0n) is 10.2. The van der Waals surface area contributed by atoms with Crippen LogP contribution in [0.5, 0.6) is 0 Å². The van der Waals surface area contributed by atoms with Crippen LogP contribution in [0.15, 0.2) is 0 Å². The van der Waals surface area contributed by atoms with E-state index in [9.17, 15) is 19.5 Å². The molecule has 0 saturated carbocycles. The van der Waals surface area contributed by atoms with Gasteiger partial charge in [0.05, 0.1) is 6.54 Å². The molecule has 0 aromatic carbocycles. The number of likely N-dealkylation sites (tertiary alicyclic amines) is 1. The van der Waals surface area contributed by atoms with Gasteiger partial charge >= 0.3 is 5.97 Å². The summed E-state index contributed by atoms with van der Waals surface area (Å²) in [6.45, 7) is 2.33. The van der Waals surface area contributed by atoms with Crippen molar-refractivity contribution in [3.8, 4) is 0 Å². The lowest BCUT2D eigenvalue weighted by molar-refractivity contribution is -0.156. The van der Waals surface area contributed by atoms with Crippen molar-refractivity contribution in [2.45, 2.75) is 31.3 Å². The Hall–Kier alpha value is -1.63. The summed E-state index contributed by atoms with van der Waals surface area (Å²) in [5, 5.41) is 14.7. The number of hydrogen-bond acceptors (Lipinski definition) is 4. The monoisotopic (exact) mass is 255 g/mol. The summed E-state index contributed by atoms with van der Waals surface area (Å²) in [6, 6.07) is -0.528. The highest BCUT2D eigenvalue weighted by atomic mass is 16.4. The van der Waals surface area contributed by atoms with Crippen LogP contribution in [0.25, 0.3) is 0 Å². The number of rotatable bonds is 2. The van der Waals surface area contributed by atoms with Gasteiger partial charge in [0.15, 0.2) is 0 Å². The van der Waals surface area contributed by atoms with E-state index in [4.69, 9.17) is 0 Å². The van der Waals surface area contributed by atoms with Crippen molar-refractivity contribution in [1.29, 1.82) is 0 Å². The standard InChI is InChI=1S/C11H17N3O4/c1-11(10(17)18)3-2-4-14(11)9(16)7-5-13-8(15)6-12-7/h7,12H,2-6H2,1H3,(H,13,15)(H,17,18). The van der Waals surface area contributed by atoms with E-state index in [2.05, 4.69) is 10.6 Å². The summed E-state index contributed by atoms with van der Waals surface area (Å²) in [5.74, 6) is -1.38. The summed E-state index contributed by atoms with van der Waals surface area (Å²) < 4.78 is 0. The van der Waals surface area contributed by atoms with Gasteiger partial charge in [-0.2, -0.15) is 0 Å². The molecule has 18 heavy (non-hydrogen) atoms. The normalized spacial score (nSPS) is 32.2. The minimum absolute atomic E-state index is 0.0913. The highest BCUT2D eigenvalue weighted by Gasteiger charge is 2.47. The smallest absolute Gasteiger partial charge is 0.329 e. The fourth-order valence-electron chi connectivity index (χ4n) is 2.47. The van der Waals surface area contributed by atoms with E-state index in [1.165, 1.54) is 4.90 Å². The Kier molecular flexibility index (Phi) is 3.25. The molecule has 7 heteroatoms. The second kappa shape index (κ2) is 4.56. The van der Waals surface area contributed by atoms with E-state index >= 15 is 0 Å². The maximum Gasteiger partial charge on any atom is 0.329 e. The summed E-state index contributed by atoms with van der Waals surface area (Å²) in [6.07, 6.45) is 1.15. The van der Waals surface area contributed by atoms with Gasteiger partial charge < -0.3 is 15.3 Å². The van der Waals surface area contributed by atoms with Crippen molar-refractivity contribution in [2.75, 3.05) is 19.6 Å². The van der Waals surface area contributed by atoms with Crippen LogP contribution >= 0.6 is 0 Å². The third-order valence-corrected chi connectivity index (χ3v) is 3.68. The molecule has 0 bridgehead atoms. The first-order valence-corrected chi connectivity index (χ1v) is 6.00. The number of carboxylic acid groups (broad SMARTS) is 1. The Morgan fingerprint density at radius 3 is 2.78 bits per heavy atom. The van der Waals surface area contributed by atoms with Gasteiger partial charge in [0.25, 0.3) is 0 Å². The van der Waals surface area contributed by atoms with Crippen LogP contribution in [0.2, 0.25) is 0 Å². The Morgan fingerprint density at radius 1 is 1.50 bits per heavy atom. The molecule has 2 atom stereocenters. The molecule has 2 fully saturated rings. The molecular weight excluding hydrogens is 238 g/mol. The predicted molar refractivity (Wildman–Crippen MR) is 61.8 cm³/mol. The second-order valence-corrected chi connectivity index (χ2v) is 4.91. The molecule has 2 aliphatic heterocycles. The number of piperazine rings is 1. The molecule has 2 rings (SSSR count). The second-order valence-electron chi connectivity index (χ2n) is 4.91. The maximum absolute atomic E-state index is 12.3. The molecular formula is C11H17N3O4. The first-order valence-electron chi connectivity index (χ1n) is 6.00. The lowest BCUT2D eigenvalue weighted by atomic mass is 9.98. The van der Waals surface area contributed by atoms with E-state index < -0.39 is 17.6 Å². The van der Waals surface area contributed by atoms with Gasteiger partial charge in [-0.3, -0.25) is 14.9 Å². The van der Waals surface area contributed by atoms with Crippen LogP contribution in [-0.4, -0.2) is 59.0 Å². The molecule has 2 amide bonds. The highest BCUT2D eigenvalue weighted by Crippen LogP contribution is 2.29. The lowest BCUT2D eigenvalue weighted by Gasteiger charge is -2.35. The summed E-state index contributed by atoms with van der Waals surface area (Å²) in [5.41, 5.74) is -1.12. The Bertz CT molecular complexity index is 388. The number of aliphatic carboxylic acids is 1. The first kappa shape index (κ1) is 12.8. The van der Waals surface area contributed by atoms with Crippen LogP contribution in [0.1, 0.15) is 19.8 Å². The van der Waals surface area contributed by atoms with E-state index in [0.29, 0.717) is 19.4 Å². The number of hydrogen-bond donors (Lipinski definition) is 3. The van der Waals surface area contributed by atoms with Crippen LogP contribution in [-0.2, 0) is 14.4 Å². The third-order valence-electron chi connectivity index (χ3n) is 3.68. The van der Waals surface area contributed by atoms with Gasteiger partial charge in [-0.1, -0.05) is 0 Å². The van der Waals surface area contributed by atoms with Crippen LogP contribution < -0.4 is 10.6 Å². The fourth-order valence-corrected chi connectivity index (χ4v) is 2.47. The van der Waals surface area contributed by atoms with Crippen molar-refractivity contribution in [1.82, 2.24) is 15.5 Å². The Balaban J connectivity index is 2.09. The molecule has 3 N–H and O–H groups in total. The molecule has 7 nitrogen and oxygen atoms in total. The van der Waals surface area contributed by atoms with Gasteiger partial charge in [0.1, 0.15) is 11.6 Å². The predicted octanol–water partition coefficient (Wildman–Crippen LogP) is -1.46. The highest BCUT2D eigenvalue weighted by molar-refractivity contribution is 5.91. The molecule has 2 aliphatic rings. The zero-order valence-corrected chi connectivity index (χ0v) is 10.2. The number of nitrogens with zero attached hydrogens (tertiary/aromatic N) is 1. The lowest BCUT2D eigenvalue weighted by Crippen LogP contribution is -2.62. The van der Waals surface area contributed by atoms with Gasteiger partial charge in [-0.15, -0.1) is 0 Å². The van der Waals surface area contributed by atoms with Crippen molar-refractivity contribution < 1.29 is 19.5 Å². The van der Waals surface area contributed by atoms with Crippen molar-refractivity contribution in [3.63, 3.8) is 0 Å². The van der Waals surface area contributed by atoms with Crippen molar-refractivity contribution >= 4 is 17.8 Å². The molecule has 0 aromatic heterocycles. The SMILES string of the molecule is CC1(C(=O)O)CCCN1C(=O)C1CNC(=O)CN1. The van der Waals surface area contributed by atoms with Gasteiger partial charge in [0, 0.05) is 13.1 Å². The van der Waals surface area contributed by atoms with Crippen LogP contribution in [0.4, 0.5) is 0 Å². The molecule has 2 saturated heterocycles. The molecule has 0 radical (unpaired) electrons. The zero-order chi connectivity index (χ0) is 13.3. The average molecular weight is 255 g/mol. The molecule has 0 aromatic rings. The number of carbonyl (C=O) groups excluding carboxylic acids is 2. The summed E-state index contributed by atoms with van der Waals surface area (Å²) >= 11 is 0. The summed E-state index contributed by atoms with van der Waals surface area (Å²) in [4.78, 5) is 36.0. The molecule has 0 aliphatic carbocycles. The van der Waals surface area contributed by atoms with E-state index in [1.54, 1.807) is 6.92 Å². The Labute approximate surface area is 105 Å². The minimum Gasteiger partial charge on any atom is -0.480 e. The number of amides is 2. The molecule has 100 valence electrons. The molecule has 2 heterocycles. The third kappa shape index (κ3) is 2.05. The first-order chi connectivity index (χ1) is 8.45. The topological polar surface area (TPSA) is 98.7 Å². The van der Waals surface area contributed by atoms with Gasteiger partial charge in [-0.25, -0.2) is 4.79 Å². The largest absolute Gasteiger partial charge is 0.480 e. The van der Waals surface area contributed by atoms with E-state index in [1.807, 2.05) is 0 Å². The quantitative estimate of drug-likeness (QED) is 0.560. The number of carboxylic acids is 1. The van der Waals surface area contributed by atoms with Gasteiger partial charge in [0.2, 0.25) is 11.8 Å². The number of carbonyl (C=O) groups is 3.